The topological polar surface area (TPSA) is 107 Å². The minimum Gasteiger partial charge on any atom is -0.382 e. The molecule has 0 atom stereocenters. The van der Waals surface area contributed by atoms with Crippen molar-refractivity contribution < 1.29 is 4.79 Å². The molecule has 0 saturated carbocycles. The van der Waals surface area contributed by atoms with Crippen molar-refractivity contribution >= 4 is 11.7 Å². The third-order valence-corrected chi connectivity index (χ3v) is 1.86. The van der Waals surface area contributed by atoms with Crippen LogP contribution in [-0.2, 0) is 0 Å². The maximum Gasteiger partial charge on any atom is 0.273 e. The number of unbranched alkanes of at least 4 members (excludes halogenated alkanes) is 1. The number of rotatable bonds is 5. The molecule has 6 nitrogen and oxygen atoms in total. The summed E-state index contributed by atoms with van der Waals surface area (Å²) >= 11 is 0. The van der Waals surface area contributed by atoms with Gasteiger partial charge in [-0.25, -0.2) is 9.97 Å². The number of hydrogen-bond donors (Lipinski definition) is 3. The fraction of sp³-hybridized carbons (Fsp3) is 0.444. The van der Waals surface area contributed by atoms with E-state index in [-0.39, 0.29) is 17.4 Å². The van der Waals surface area contributed by atoms with E-state index in [9.17, 15) is 4.79 Å². The first-order valence-corrected chi connectivity index (χ1v) is 4.80. The van der Waals surface area contributed by atoms with E-state index in [2.05, 4.69) is 15.3 Å². The molecule has 0 saturated heterocycles. The summed E-state index contributed by atoms with van der Waals surface area (Å²) in [5.41, 5.74) is 11.0. The van der Waals surface area contributed by atoms with Crippen LogP contribution in [-0.4, -0.2) is 29.0 Å². The van der Waals surface area contributed by atoms with E-state index in [0.29, 0.717) is 13.1 Å². The molecular formula is C9H15N5O. The van der Waals surface area contributed by atoms with E-state index in [4.69, 9.17) is 11.5 Å². The van der Waals surface area contributed by atoms with Gasteiger partial charge in [0.25, 0.3) is 5.91 Å². The first-order chi connectivity index (χ1) is 7.25. The molecule has 0 aliphatic heterocycles. The highest BCUT2D eigenvalue weighted by Crippen LogP contribution is 2.01. The largest absolute Gasteiger partial charge is 0.382 e. The van der Waals surface area contributed by atoms with Gasteiger partial charge in [-0.1, -0.05) is 0 Å². The number of hydrogen-bond acceptors (Lipinski definition) is 5. The Bertz CT molecular complexity index is 328. The highest BCUT2D eigenvalue weighted by molar-refractivity contribution is 5.96. The number of nitrogens with two attached hydrogens (primary N) is 2. The van der Waals surface area contributed by atoms with Crippen LogP contribution < -0.4 is 16.8 Å². The average molecular weight is 209 g/mol. The van der Waals surface area contributed by atoms with Gasteiger partial charge in [-0.15, -0.1) is 0 Å². The molecule has 82 valence electrons. The standard InChI is InChI=1S/C9H15N5O/c10-3-1-2-4-14-9(15)7-8(11)13-6-5-12-7/h5-6H,1-4,10H2,(H2,11,13)(H,14,15). The zero-order chi connectivity index (χ0) is 11.1. The van der Waals surface area contributed by atoms with Crippen molar-refractivity contribution in [3.05, 3.63) is 18.1 Å². The van der Waals surface area contributed by atoms with E-state index in [1.165, 1.54) is 12.4 Å². The minimum atomic E-state index is -0.294. The molecule has 0 radical (unpaired) electrons. The first kappa shape index (κ1) is 11.4. The number of anilines is 1. The molecule has 0 unspecified atom stereocenters. The van der Waals surface area contributed by atoms with Crippen molar-refractivity contribution in [2.45, 2.75) is 12.8 Å². The molecule has 15 heavy (non-hydrogen) atoms. The van der Waals surface area contributed by atoms with E-state index in [1.807, 2.05) is 0 Å². The molecule has 0 spiro atoms. The average Bonchev–Trinajstić information content (AvgIpc) is 2.25. The smallest absolute Gasteiger partial charge is 0.273 e. The van der Waals surface area contributed by atoms with Crippen LogP contribution in [0, 0.1) is 0 Å². The second-order valence-electron chi connectivity index (χ2n) is 3.04. The van der Waals surface area contributed by atoms with Gasteiger partial charge in [-0.05, 0) is 19.4 Å². The van der Waals surface area contributed by atoms with E-state index < -0.39 is 0 Å². The molecule has 0 aliphatic carbocycles. The molecule has 1 heterocycles. The Morgan fingerprint density at radius 2 is 2.07 bits per heavy atom. The Kier molecular flexibility index (Phi) is 4.49. The summed E-state index contributed by atoms with van der Waals surface area (Å²) in [7, 11) is 0. The molecule has 1 aromatic rings. The number of carbonyl (C=O) groups is 1. The number of carbonyl (C=O) groups excluding carboxylic acids is 1. The summed E-state index contributed by atoms with van der Waals surface area (Å²) in [4.78, 5) is 19.1. The van der Waals surface area contributed by atoms with Crippen LogP contribution in [0.5, 0.6) is 0 Å². The van der Waals surface area contributed by atoms with Crippen molar-refractivity contribution in [3.8, 4) is 0 Å². The molecule has 0 aliphatic rings. The Labute approximate surface area is 88.1 Å². The maximum absolute atomic E-state index is 11.5. The highest BCUT2D eigenvalue weighted by atomic mass is 16.1. The minimum absolute atomic E-state index is 0.147. The normalized spacial score (nSPS) is 9.93. The molecule has 0 aromatic carbocycles. The van der Waals surface area contributed by atoms with Gasteiger partial charge in [0, 0.05) is 18.9 Å². The predicted molar refractivity (Wildman–Crippen MR) is 57.1 cm³/mol. The van der Waals surface area contributed by atoms with Crippen molar-refractivity contribution in [1.82, 2.24) is 15.3 Å². The fourth-order valence-electron chi connectivity index (χ4n) is 1.08. The van der Waals surface area contributed by atoms with Crippen LogP contribution in [0.25, 0.3) is 0 Å². The van der Waals surface area contributed by atoms with Crippen LogP contribution in [0.2, 0.25) is 0 Å². The number of aromatic nitrogens is 2. The summed E-state index contributed by atoms with van der Waals surface area (Å²) in [6.07, 6.45) is 4.62. The third-order valence-electron chi connectivity index (χ3n) is 1.86. The van der Waals surface area contributed by atoms with Gasteiger partial charge in [0.2, 0.25) is 0 Å². The number of amides is 1. The van der Waals surface area contributed by atoms with Gasteiger partial charge in [0.05, 0.1) is 0 Å². The number of nitrogen functional groups attached to an aromatic ring is 1. The van der Waals surface area contributed by atoms with Crippen LogP contribution in [0.15, 0.2) is 12.4 Å². The van der Waals surface area contributed by atoms with Gasteiger partial charge in [-0.3, -0.25) is 4.79 Å². The first-order valence-electron chi connectivity index (χ1n) is 4.80. The lowest BCUT2D eigenvalue weighted by Gasteiger charge is -2.04. The zero-order valence-electron chi connectivity index (χ0n) is 8.44. The quantitative estimate of drug-likeness (QED) is 0.568. The second-order valence-corrected chi connectivity index (χ2v) is 3.04. The second kappa shape index (κ2) is 5.92. The highest BCUT2D eigenvalue weighted by Gasteiger charge is 2.10. The molecule has 1 rings (SSSR count). The predicted octanol–water partition coefficient (Wildman–Crippen LogP) is -0.472. The van der Waals surface area contributed by atoms with Crippen molar-refractivity contribution in [2.75, 3.05) is 18.8 Å². The lowest BCUT2D eigenvalue weighted by Crippen LogP contribution is -2.27. The Balaban J connectivity index is 2.44. The zero-order valence-corrected chi connectivity index (χ0v) is 8.44. The summed E-state index contributed by atoms with van der Waals surface area (Å²) in [6, 6.07) is 0. The number of nitrogens with zero attached hydrogens (tertiary/aromatic N) is 2. The van der Waals surface area contributed by atoms with Crippen molar-refractivity contribution in [3.63, 3.8) is 0 Å². The van der Waals surface area contributed by atoms with Crippen molar-refractivity contribution in [2.24, 2.45) is 5.73 Å². The lowest BCUT2D eigenvalue weighted by molar-refractivity contribution is 0.0948. The summed E-state index contributed by atoms with van der Waals surface area (Å²) in [5, 5.41) is 2.70. The molecular weight excluding hydrogens is 194 g/mol. The van der Waals surface area contributed by atoms with Crippen LogP contribution in [0.4, 0.5) is 5.82 Å². The van der Waals surface area contributed by atoms with Crippen LogP contribution in [0.3, 0.4) is 0 Å². The van der Waals surface area contributed by atoms with Gasteiger partial charge in [-0.2, -0.15) is 0 Å². The van der Waals surface area contributed by atoms with Crippen LogP contribution in [0.1, 0.15) is 23.3 Å². The summed E-state index contributed by atoms with van der Waals surface area (Å²) in [5.74, 6) is -0.147. The number of nitrogens with one attached hydrogen (secondary N) is 1. The Morgan fingerprint density at radius 1 is 1.33 bits per heavy atom. The SMILES string of the molecule is NCCCCNC(=O)c1nccnc1N. The van der Waals surface area contributed by atoms with Gasteiger partial charge in [0.15, 0.2) is 11.5 Å². The summed E-state index contributed by atoms with van der Waals surface area (Å²) < 4.78 is 0. The molecule has 0 bridgehead atoms. The van der Waals surface area contributed by atoms with Gasteiger partial charge in [0.1, 0.15) is 0 Å². The van der Waals surface area contributed by atoms with Crippen LogP contribution >= 0.6 is 0 Å². The van der Waals surface area contributed by atoms with Gasteiger partial charge >= 0.3 is 0 Å². The lowest BCUT2D eigenvalue weighted by atomic mass is 10.3. The molecule has 6 heteroatoms. The third kappa shape index (κ3) is 3.51. The maximum atomic E-state index is 11.5. The molecule has 1 aromatic heterocycles. The summed E-state index contributed by atoms with van der Waals surface area (Å²) in [6.45, 7) is 1.20. The van der Waals surface area contributed by atoms with E-state index in [1.54, 1.807) is 0 Å². The Morgan fingerprint density at radius 3 is 2.73 bits per heavy atom. The van der Waals surface area contributed by atoms with Gasteiger partial charge < -0.3 is 16.8 Å². The molecule has 1 amide bonds. The molecule has 5 N–H and O–H groups in total. The fourth-order valence-corrected chi connectivity index (χ4v) is 1.08. The Hall–Kier alpha value is -1.69. The van der Waals surface area contributed by atoms with E-state index in [0.717, 1.165) is 12.8 Å². The van der Waals surface area contributed by atoms with Crippen molar-refractivity contribution in [1.29, 1.82) is 0 Å². The monoisotopic (exact) mass is 209 g/mol. The molecule has 0 fully saturated rings. The van der Waals surface area contributed by atoms with E-state index >= 15 is 0 Å².